The van der Waals surface area contributed by atoms with Gasteiger partial charge in [-0.2, -0.15) is 0 Å². The van der Waals surface area contributed by atoms with Gasteiger partial charge < -0.3 is 5.32 Å². The Kier molecular flexibility index (Phi) is 3.51. The van der Waals surface area contributed by atoms with Gasteiger partial charge in [0.25, 0.3) is 0 Å². The van der Waals surface area contributed by atoms with Gasteiger partial charge >= 0.3 is 0 Å². The van der Waals surface area contributed by atoms with Crippen molar-refractivity contribution in [3.8, 4) is 0 Å². The van der Waals surface area contributed by atoms with E-state index in [-0.39, 0.29) is 5.82 Å². The van der Waals surface area contributed by atoms with E-state index in [0.717, 1.165) is 11.3 Å². The lowest BCUT2D eigenvalue weighted by Gasteiger charge is -2.38. The standard InChI is InChI=1S/C17H24FN/c1-13-12-15(4-5-16(13)18)19-14-6-10-17(11-7-14)8-2-3-9-17/h4-5,12,14,19H,2-3,6-11H2,1H3. The smallest absolute Gasteiger partial charge is 0.126 e. The largest absolute Gasteiger partial charge is 0.382 e. The van der Waals surface area contributed by atoms with E-state index in [2.05, 4.69) is 5.32 Å². The summed E-state index contributed by atoms with van der Waals surface area (Å²) in [7, 11) is 0. The van der Waals surface area contributed by atoms with Gasteiger partial charge in [0.05, 0.1) is 0 Å². The maximum atomic E-state index is 13.2. The molecule has 0 amide bonds. The predicted octanol–water partition coefficient (Wildman–Crippen LogP) is 5.05. The van der Waals surface area contributed by atoms with Crippen LogP contribution in [0, 0.1) is 18.2 Å². The van der Waals surface area contributed by atoms with Gasteiger partial charge in [-0.05, 0) is 74.6 Å². The molecule has 0 atom stereocenters. The number of hydrogen-bond acceptors (Lipinski definition) is 1. The number of benzene rings is 1. The summed E-state index contributed by atoms with van der Waals surface area (Å²) in [4.78, 5) is 0. The van der Waals surface area contributed by atoms with Gasteiger partial charge in [0, 0.05) is 11.7 Å². The van der Waals surface area contributed by atoms with Crippen molar-refractivity contribution in [1.29, 1.82) is 0 Å². The van der Waals surface area contributed by atoms with E-state index in [9.17, 15) is 4.39 Å². The number of hydrogen-bond donors (Lipinski definition) is 1. The van der Waals surface area contributed by atoms with Crippen molar-refractivity contribution < 1.29 is 4.39 Å². The third-order valence-electron chi connectivity index (χ3n) is 5.24. The van der Waals surface area contributed by atoms with Crippen LogP contribution in [0.15, 0.2) is 18.2 Å². The summed E-state index contributed by atoms with van der Waals surface area (Å²) >= 11 is 0. The molecule has 2 heteroatoms. The minimum Gasteiger partial charge on any atom is -0.382 e. The first-order valence-corrected chi connectivity index (χ1v) is 7.70. The van der Waals surface area contributed by atoms with Crippen LogP contribution in [0.3, 0.4) is 0 Å². The van der Waals surface area contributed by atoms with Crippen LogP contribution in [-0.2, 0) is 0 Å². The topological polar surface area (TPSA) is 12.0 Å². The molecule has 2 aliphatic carbocycles. The summed E-state index contributed by atoms with van der Waals surface area (Å²) < 4.78 is 13.2. The Bertz CT molecular complexity index is 439. The quantitative estimate of drug-likeness (QED) is 0.785. The maximum Gasteiger partial charge on any atom is 0.126 e. The molecule has 2 fully saturated rings. The lowest BCUT2D eigenvalue weighted by Crippen LogP contribution is -2.31. The molecule has 0 aliphatic heterocycles. The zero-order valence-electron chi connectivity index (χ0n) is 11.8. The van der Waals surface area contributed by atoms with Gasteiger partial charge in [-0.3, -0.25) is 0 Å². The van der Waals surface area contributed by atoms with Gasteiger partial charge in [-0.25, -0.2) is 4.39 Å². The summed E-state index contributed by atoms with van der Waals surface area (Å²) in [6, 6.07) is 5.94. The maximum absolute atomic E-state index is 13.2. The van der Waals surface area contributed by atoms with Crippen LogP contribution >= 0.6 is 0 Å². The third-order valence-corrected chi connectivity index (χ3v) is 5.24. The first-order valence-electron chi connectivity index (χ1n) is 7.70. The molecule has 0 bridgehead atoms. The molecule has 1 nitrogen and oxygen atoms in total. The van der Waals surface area contributed by atoms with Gasteiger partial charge in [0.1, 0.15) is 5.82 Å². The van der Waals surface area contributed by atoms with Crippen molar-refractivity contribution in [2.75, 3.05) is 5.32 Å². The Balaban J connectivity index is 1.58. The van der Waals surface area contributed by atoms with Crippen LogP contribution in [-0.4, -0.2) is 6.04 Å². The van der Waals surface area contributed by atoms with Crippen LogP contribution in [0.1, 0.15) is 56.9 Å². The predicted molar refractivity (Wildman–Crippen MR) is 77.9 cm³/mol. The fourth-order valence-corrected chi connectivity index (χ4v) is 3.97. The Hall–Kier alpha value is -1.05. The minimum atomic E-state index is -0.112. The normalized spacial score (nSPS) is 22.8. The van der Waals surface area contributed by atoms with E-state index in [1.807, 2.05) is 19.1 Å². The van der Waals surface area contributed by atoms with Crippen molar-refractivity contribution in [2.45, 2.75) is 64.3 Å². The van der Waals surface area contributed by atoms with Crippen LogP contribution in [0.25, 0.3) is 0 Å². The van der Waals surface area contributed by atoms with Crippen molar-refractivity contribution in [2.24, 2.45) is 5.41 Å². The molecule has 104 valence electrons. The van der Waals surface area contributed by atoms with Gasteiger partial charge in [-0.15, -0.1) is 0 Å². The monoisotopic (exact) mass is 261 g/mol. The average molecular weight is 261 g/mol. The number of anilines is 1. The molecule has 19 heavy (non-hydrogen) atoms. The highest BCUT2D eigenvalue weighted by Gasteiger charge is 2.37. The van der Waals surface area contributed by atoms with Crippen LogP contribution < -0.4 is 5.32 Å². The van der Waals surface area contributed by atoms with Gasteiger partial charge in [0.15, 0.2) is 0 Å². The molecule has 1 aromatic carbocycles. The third kappa shape index (κ3) is 2.77. The first kappa shape index (κ1) is 13.0. The van der Waals surface area contributed by atoms with Crippen LogP contribution in [0.5, 0.6) is 0 Å². The summed E-state index contributed by atoms with van der Waals surface area (Å²) in [5.74, 6) is -0.112. The molecule has 1 N–H and O–H groups in total. The van der Waals surface area contributed by atoms with E-state index >= 15 is 0 Å². The molecular formula is C17H24FN. The molecule has 0 saturated heterocycles. The molecule has 1 aromatic rings. The molecule has 2 saturated carbocycles. The fourth-order valence-electron chi connectivity index (χ4n) is 3.97. The highest BCUT2D eigenvalue weighted by molar-refractivity contribution is 5.46. The van der Waals surface area contributed by atoms with Gasteiger partial charge in [-0.1, -0.05) is 12.8 Å². The number of rotatable bonds is 2. The Morgan fingerprint density at radius 3 is 2.42 bits per heavy atom. The molecule has 1 spiro atoms. The van der Waals surface area contributed by atoms with E-state index in [1.54, 1.807) is 6.07 Å². The van der Waals surface area contributed by atoms with Crippen molar-refractivity contribution in [3.63, 3.8) is 0 Å². The summed E-state index contributed by atoms with van der Waals surface area (Å²) in [5.41, 5.74) is 2.50. The fraction of sp³-hybridized carbons (Fsp3) is 0.647. The second-order valence-corrected chi connectivity index (χ2v) is 6.59. The van der Waals surface area contributed by atoms with E-state index < -0.39 is 0 Å². The van der Waals surface area contributed by atoms with E-state index in [1.165, 1.54) is 51.4 Å². The highest BCUT2D eigenvalue weighted by Crippen LogP contribution is 2.49. The SMILES string of the molecule is Cc1cc(NC2CCC3(CCCC3)CC2)ccc1F. The molecule has 0 unspecified atom stereocenters. The Labute approximate surface area is 115 Å². The number of aryl methyl sites for hydroxylation is 1. The molecule has 3 rings (SSSR count). The second kappa shape index (κ2) is 5.15. The van der Waals surface area contributed by atoms with Crippen LogP contribution in [0.2, 0.25) is 0 Å². The van der Waals surface area contributed by atoms with Crippen molar-refractivity contribution in [1.82, 2.24) is 0 Å². The Morgan fingerprint density at radius 2 is 1.79 bits per heavy atom. The van der Waals surface area contributed by atoms with Crippen molar-refractivity contribution in [3.05, 3.63) is 29.6 Å². The molecule has 0 heterocycles. The molecule has 0 radical (unpaired) electrons. The molecule has 2 aliphatic rings. The van der Waals surface area contributed by atoms with E-state index in [0.29, 0.717) is 11.5 Å². The van der Waals surface area contributed by atoms with Crippen molar-refractivity contribution >= 4 is 5.69 Å². The van der Waals surface area contributed by atoms with E-state index in [4.69, 9.17) is 0 Å². The number of halogens is 1. The minimum absolute atomic E-state index is 0.112. The lowest BCUT2D eigenvalue weighted by atomic mass is 9.71. The zero-order valence-corrected chi connectivity index (χ0v) is 11.8. The molecule has 0 aromatic heterocycles. The lowest BCUT2D eigenvalue weighted by molar-refractivity contribution is 0.188. The average Bonchev–Trinajstić information content (AvgIpc) is 2.86. The summed E-state index contributed by atoms with van der Waals surface area (Å²) in [6.45, 7) is 1.83. The highest BCUT2D eigenvalue weighted by atomic mass is 19.1. The summed E-state index contributed by atoms with van der Waals surface area (Å²) in [6.07, 6.45) is 11.1. The van der Waals surface area contributed by atoms with Gasteiger partial charge in [0.2, 0.25) is 0 Å². The second-order valence-electron chi connectivity index (χ2n) is 6.59. The molecular weight excluding hydrogens is 237 g/mol. The summed E-state index contributed by atoms with van der Waals surface area (Å²) in [5, 5.41) is 3.59. The Morgan fingerprint density at radius 1 is 1.11 bits per heavy atom. The van der Waals surface area contributed by atoms with Crippen LogP contribution in [0.4, 0.5) is 10.1 Å². The first-order chi connectivity index (χ1) is 9.17. The zero-order chi connectivity index (χ0) is 13.3. The number of nitrogens with one attached hydrogen (secondary N) is 1.